The minimum atomic E-state index is -0.386. The number of hydrogen-bond acceptors (Lipinski definition) is 1. The van der Waals surface area contributed by atoms with Gasteiger partial charge >= 0.3 is 8.46 Å². The van der Waals surface area contributed by atoms with Crippen LogP contribution < -0.4 is 5.30 Å². The minimum Gasteiger partial charge on any atom is -0.0707 e. The van der Waals surface area contributed by atoms with Gasteiger partial charge in [-0.05, 0) is 17.7 Å². The van der Waals surface area contributed by atoms with Crippen LogP contribution in [0.3, 0.4) is 0 Å². The normalized spacial score (nSPS) is 11.9. The fourth-order valence-corrected chi connectivity index (χ4v) is 1.82. The predicted molar refractivity (Wildman–Crippen MR) is 63.5 cm³/mol. The van der Waals surface area contributed by atoms with E-state index >= 15 is 0 Å². The molecule has 5 heteroatoms. The largest absolute Gasteiger partial charge is 0.363 e. The van der Waals surface area contributed by atoms with Gasteiger partial charge in [0, 0.05) is 0 Å². The molecule has 0 aliphatic rings. The summed E-state index contributed by atoms with van der Waals surface area (Å²) in [6.07, 6.45) is 0. The highest BCUT2D eigenvalue weighted by Crippen LogP contribution is 2.43. The molecule has 0 aliphatic heterocycles. The van der Waals surface area contributed by atoms with Crippen LogP contribution in [0.5, 0.6) is 0 Å². The van der Waals surface area contributed by atoms with Crippen LogP contribution >= 0.6 is 56.2 Å². The average Bonchev–Trinajstić information content (AvgIpc) is 2.03. The molecule has 0 fully saturated rings. The number of benzene rings is 1. The Morgan fingerprint density at radius 3 is 1.92 bits per heavy atom. The summed E-state index contributed by atoms with van der Waals surface area (Å²) in [6.45, 7) is 0. The smallest absolute Gasteiger partial charge is 0.0707 e. The molecule has 0 radical (unpaired) electrons. The van der Waals surface area contributed by atoms with Crippen molar-refractivity contribution in [2.24, 2.45) is 0 Å². The lowest BCUT2D eigenvalue weighted by atomic mass is 10.2. The molecule has 0 heterocycles. The van der Waals surface area contributed by atoms with Crippen LogP contribution in [0.1, 0.15) is 5.56 Å². The maximum atomic E-state index is 10.5. The summed E-state index contributed by atoms with van der Waals surface area (Å²) in [5.74, 6) is 0. The van der Waals surface area contributed by atoms with E-state index in [0.717, 1.165) is 10.9 Å². The fraction of sp³-hybridized carbons (Fsp3) is 0.143. The van der Waals surface area contributed by atoms with Crippen molar-refractivity contribution in [1.82, 2.24) is 0 Å². The first kappa shape index (κ1) is 10.8. The molecule has 64 valence electrons. The van der Waals surface area contributed by atoms with E-state index in [-0.39, 0.29) is 10.6 Å². The first-order valence-electron chi connectivity index (χ1n) is 3.09. The lowest BCUT2D eigenvalue weighted by Crippen LogP contribution is -1.99. The van der Waals surface area contributed by atoms with Gasteiger partial charge in [0.2, 0.25) is 0 Å². The van der Waals surface area contributed by atoms with E-state index in [1.807, 2.05) is 24.3 Å². The summed E-state index contributed by atoms with van der Waals surface area (Å²) >= 11 is 10.2. The molecule has 1 aromatic rings. The third-order valence-corrected chi connectivity index (χ3v) is 3.27. The number of rotatable bonds is 1. The van der Waals surface area contributed by atoms with Crippen LogP contribution in [-0.2, 0) is 6.71 Å². The van der Waals surface area contributed by atoms with Crippen LogP contribution in [0.4, 0.5) is 0 Å². The molecule has 1 nitrogen and oxygen atoms in total. The van der Waals surface area contributed by atoms with Gasteiger partial charge in [-0.15, -0.1) is 0 Å². The molecule has 0 N–H and O–H groups in total. The van der Waals surface area contributed by atoms with Gasteiger partial charge in [-0.1, -0.05) is 64.5 Å². The Morgan fingerprint density at radius 1 is 1.08 bits per heavy atom. The predicted octanol–water partition coefficient (Wildman–Crippen LogP) is 3.63. The Balaban J connectivity index is 3.00. The first-order valence-corrected chi connectivity index (χ1v) is 6.38. The SMILES string of the molecule is O=[PH+]c1ccc(C(Br)(Br)Br)cc1. The Bertz CT molecular complexity index is 278. The molecular weight excluding hydrogens is 371 g/mol. The zero-order valence-electron chi connectivity index (χ0n) is 5.85. The third-order valence-electron chi connectivity index (χ3n) is 1.33. The van der Waals surface area contributed by atoms with Crippen LogP contribution in [-0.4, -0.2) is 0 Å². The monoisotopic (exact) mass is 373 g/mol. The second-order valence-electron chi connectivity index (χ2n) is 2.18. The van der Waals surface area contributed by atoms with Crippen molar-refractivity contribution < 1.29 is 4.57 Å². The van der Waals surface area contributed by atoms with E-state index in [1.165, 1.54) is 0 Å². The van der Waals surface area contributed by atoms with E-state index in [9.17, 15) is 4.57 Å². The van der Waals surface area contributed by atoms with Gasteiger partial charge in [0.25, 0.3) is 0 Å². The summed E-state index contributed by atoms with van der Waals surface area (Å²) in [7, 11) is -0.386. The highest BCUT2D eigenvalue weighted by molar-refractivity contribution is 9.38. The second kappa shape index (κ2) is 4.32. The van der Waals surface area contributed by atoms with Crippen molar-refractivity contribution in [3.05, 3.63) is 29.8 Å². The Morgan fingerprint density at radius 2 is 1.58 bits per heavy atom. The van der Waals surface area contributed by atoms with Gasteiger partial charge < -0.3 is 0 Å². The Labute approximate surface area is 97.5 Å². The maximum absolute atomic E-state index is 10.5. The molecule has 1 unspecified atom stereocenters. The number of halogens is 3. The Kier molecular flexibility index (Phi) is 3.90. The fourth-order valence-electron chi connectivity index (χ4n) is 0.727. The second-order valence-corrected chi connectivity index (χ2v) is 9.72. The van der Waals surface area contributed by atoms with Gasteiger partial charge in [0.1, 0.15) is 0 Å². The lowest BCUT2D eigenvalue weighted by Gasteiger charge is -2.10. The molecule has 0 spiro atoms. The first-order chi connectivity index (χ1) is 5.54. The highest BCUT2D eigenvalue weighted by Gasteiger charge is 2.20. The van der Waals surface area contributed by atoms with E-state index in [2.05, 4.69) is 47.8 Å². The molecule has 0 amide bonds. The van der Waals surface area contributed by atoms with Crippen molar-refractivity contribution in [2.45, 2.75) is 2.14 Å². The quantitative estimate of drug-likeness (QED) is 0.541. The standard InChI is InChI=1S/C7H4Br3OP/c8-7(9,10)5-1-3-6(12-11)4-2-5/h1-4H/p+1. The van der Waals surface area contributed by atoms with Gasteiger partial charge in [0.15, 0.2) is 7.45 Å². The topological polar surface area (TPSA) is 17.1 Å². The number of hydrogen-bond donors (Lipinski definition) is 0. The molecule has 0 bridgehead atoms. The summed E-state index contributed by atoms with van der Waals surface area (Å²) in [4.78, 5) is 0. The Hall–Kier alpha value is 0.760. The summed E-state index contributed by atoms with van der Waals surface area (Å²) in [5.41, 5.74) is 1.03. The average molecular weight is 376 g/mol. The molecule has 12 heavy (non-hydrogen) atoms. The lowest BCUT2D eigenvalue weighted by molar-refractivity contribution is 0.603. The van der Waals surface area contributed by atoms with Gasteiger partial charge in [0.05, 0.1) is 0 Å². The van der Waals surface area contributed by atoms with Crippen molar-refractivity contribution in [3.63, 3.8) is 0 Å². The van der Waals surface area contributed by atoms with E-state index in [0.29, 0.717) is 0 Å². The molecule has 1 atom stereocenters. The molecule has 0 aromatic heterocycles. The molecular formula is C7H5Br3OP+. The van der Waals surface area contributed by atoms with Gasteiger partial charge in [-0.25, -0.2) is 0 Å². The van der Waals surface area contributed by atoms with Crippen LogP contribution in [0, 0.1) is 0 Å². The molecule has 0 aliphatic carbocycles. The zero-order valence-corrected chi connectivity index (χ0v) is 11.6. The maximum Gasteiger partial charge on any atom is 0.363 e. The molecule has 1 rings (SSSR count). The van der Waals surface area contributed by atoms with Crippen LogP contribution in [0.2, 0.25) is 0 Å². The highest BCUT2D eigenvalue weighted by atomic mass is 80.0. The van der Waals surface area contributed by atoms with Crippen LogP contribution in [0.15, 0.2) is 24.3 Å². The number of alkyl halides is 3. The van der Waals surface area contributed by atoms with Gasteiger partial charge in [-0.2, -0.15) is 0 Å². The zero-order chi connectivity index (χ0) is 9.19. The van der Waals surface area contributed by atoms with Crippen molar-refractivity contribution in [2.75, 3.05) is 0 Å². The molecule has 0 saturated heterocycles. The minimum absolute atomic E-state index is 0.377. The van der Waals surface area contributed by atoms with Crippen molar-refractivity contribution >= 4 is 61.6 Å². The molecule has 1 aromatic carbocycles. The molecule has 0 saturated carbocycles. The van der Waals surface area contributed by atoms with Gasteiger partial charge in [-0.3, -0.25) is 0 Å². The van der Waals surface area contributed by atoms with Crippen LogP contribution in [0.25, 0.3) is 0 Å². The third kappa shape index (κ3) is 2.91. The summed E-state index contributed by atoms with van der Waals surface area (Å²) in [5, 5.41) is 0.829. The van der Waals surface area contributed by atoms with E-state index in [1.54, 1.807) is 0 Å². The summed E-state index contributed by atoms with van der Waals surface area (Å²) in [6, 6.07) is 7.47. The van der Waals surface area contributed by atoms with E-state index < -0.39 is 0 Å². The van der Waals surface area contributed by atoms with Crippen molar-refractivity contribution in [1.29, 1.82) is 0 Å². The van der Waals surface area contributed by atoms with E-state index in [4.69, 9.17) is 0 Å². The van der Waals surface area contributed by atoms with Crippen molar-refractivity contribution in [3.8, 4) is 0 Å². The summed E-state index contributed by atoms with van der Waals surface area (Å²) < 4.78 is 10.1.